The molecule has 0 spiro atoms. The lowest BCUT2D eigenvalue weighted by Gasteiger charge is -2.06. The van der Waals surface area contributed by atoms with Gasteiger partial charge in [0, 0.05) is 18.8 Å². The van der Waals surface area contributed by atoms with E-state index in [0.717, 1.165) is 0 Å². The molecule has 1 aliphatic heterocycles. The van der Waals surface area contributed by atoms with Gasteiger partial charge in [0.15, 0.2) is 11.5 Å². The minimum atomic E-state index is -0.214. The molecule has 18 heavy (non-hydrogen) atoms. The van der Waals surface area contributed by atoms with Crippen LogP contribution in [-0.4, -0.2) is 22.3 Å². The number of carbonyl (C=O) groups excluding carboxylic acids is 1. The molecule has 3 rings (SSSR count). The molecule has 0 saturated carbocycles. The van der Waals surface area contributed by atoms with Crippen molar-refractivity contribution in [2.24, 2.45) is 7.05 Å². The van der Waals surface area contributed by atoms with Crippen LogP contribution in [0.1, 0.15) is 10.5 Å². The van der Waals surface area contributed by atoms with Gasteiger partial charge in [0.2, 0.25) is 6.79 Å². The Labute approximate surface area is 103 Å². The number of nitrogens with zero attached hydrogens (tertiary/aromatic N) is 2. The van der Waals surface area contributed by atoms with Gasteiger partial charge in [-0.3, -0.25) is 4.79 Å². The number of imidazole rings is 1. The molecule has 2 aromatic rings. The fourth-order valence-corrected chi connectivity index (χ4v) is 1.75. The molecule has 0 unspecified atom stereocenters. The summed E-state index contributed by atoms with van der Waals surface area (Å²) >= 11 is 0. The Balaban J connectivity index is 1.81. The average Bonchev–Trinajstić information content (AvgIpc) is 2.96. The SMILES string of the molecule is Cn1cncc1C(=O)Nc1ccc2c(c1)OCO2. The van der Waals surface area contributed by atoms with Gasteiger partial charge in [0.25, 0.3) is 5.91 Å². The molecule has 6 heteroatoms. The van der Waals surface area contributed by atoms with Gasteiger partial charge < -0.3 is 19.4 Å². The Bertz CT molecular complexity index is 606. The summed E-state index contributed by atoms with van der Waals surface area (Å²) in [4.78, 5) is 15.9. The number of amides is 1. The number of fused-ring (bicyclic) bond motifs is 1. The van der Waals surface area contributed by atoms with Crippen molar-refractivity contribution in [2.75, 3.05) is 12.1 Å². The van der Waals surface area contributed by atoms with Crippen molar-refractivity contribution in [1.29, 1.82) is 0 Å². The van der Waals surface area contributed by atoms with Gasteiger partial charge in [-0.25, -0.2) is 4.98 Å². The fraction of sp³-hybridized carbons (Fsp3) is 0.167. The van der Waals surface area contributed by atoms with Crippen molar-refractivity contribution in [3.05, 3.63) is 36.4 Å². The number of benzene rings is 1. The van der Waals surface area contributed by atoms with Crippen LogP contribution in [0.5, 0.6) is 11.5 Å². The van der Waals surface area contributed by atoms with E-state index in [1.807, 2.05) is 0 Å². The highest BCUT2D eigenvalue weighted by Gasteiger charge is 2.15. The maximum absolute atomic E-state index is 12.0. The summed E-state index contributed by atoms with van der Waals surface area (Å²) in [5.41, 5.74) is 1.15. The van der Waals surface area contributed by atoms with E-state index in [2.05, 4.69) is 10.3 Å². The van der Waals surface area contributed by atoms with Crippen LogP contribution >= 0.6 is 0 Å². The number of aryl methyl sites for hydroxylation is 1. The number of anilines is 1. The van der Waals surface area contributed by atoms with E-state index in [-0.39, 0.29) is 12.7 Å². The number of rotatable bonds is 2. The van der Waals surface area contributed by atoms with E-state index < -0.39 is 0 Å². The Kier molecular flexibility index (Phi) is 2.40. The second kappa shape index (κ2) is 4.06. The number of aromatic nitrogens is 2. The quantitative estimate of drug-likeness (QED) is 0.868. The highest BCUT2D eigenvalue weighted by atomic mass is 16.7. The van der Waals surface area contributed by atoms with Crippen molar-refractivity contribution >= 4 is 11.6 Å². The molecule has 0 aliphatic carbocycles. The van der Waals surface area contributed by atoms with Gasteiger partial charge in [-0.15, -0.1) is 0 Å². The highest BCUT2D eigenvalue weighted by Crippen LogP contribution is 2.34. The molecule has 2 heterocycles. The van der Waals surface area contributed by atoms with Crippen LogP contribution in [0.25, 0.3) is 0 Å². The maximum Gasteiger partial charge on any atom is 0.273 e. The number of nitrogens with one attached hydrogen (secondary N) is 1. The summed E-state index contributed by atoms with van der Waals surface area (Å²) in [6.45, 7) is 0.217. The molecule has 0 fully saturated rings. The summed E-state index contributed by atoms with van der Waals surface area (Å²) in [5, 5.41) is 2.78. The van der Waals surface area contributed by atoms with Crippen molar-refractivity contribution in [3.8, 4) is 11.5 Å². The van der Waals surface area contributed by atoms with Crippen molar-refractivity contribution in [2.45, 2.75) is 0 Å². The van der Waals surface area contributed by atoms with Crippen LogP contribution in [0.2, 0.25) is 0 Å². The standard InChI is InChI=1S/C12H11N3O3/c1-15-6-13-5-9(15)12(16)14-8-2-3-10-11(4-8)18-7-17-10/h2-6H,7H2,1H3,(H,14,16). The smallest absolute Gasteiger partial charge is 0.273 e. The van der Waals surface area contributed by atoms with E-state index in [1.165, 1.54) is 6.20 Å². The Morgan fingerprint density at radius 3 is 3.00 bits per heavy atom. The minimum Gasteiger partial charge on any atom is -0.454 e. The zero-order valence-corrected chi connectivity index (χ0v) is 9.71. The first-order valence-corrected chi connectivity index (χ1v) is 5.41. The summed E-state index contributed by atoms with van der Waals surface area (Å²) in [5.74, 6) is 1.11. The summed E-state index contributed by atoms with van der Waals surface area (Å²) in [6, 6.07) is 5.26. The predicted molar refractivity (Wildman–Crippen MR) is 63.7 cm³/mol. The number of ether oxygens (including phenoxy) is 2. The molecule has 1 amide bonds. The zero-order valence-electron chi connectivity index (χ0n) is 9.71. The Hall–Kier alpha value is -2.50. The largest absolute Gasteiger partial charge is 0.454 e. The zero-order chi connectivity index (χ0) is 12.5. The molecule has 0 saturated heterocycles. The molecule has 0 atom stereocenters. The number of carbonyl (C=O) groups is 1. The number of hydrogen-bond donors (Lipinski definition) is 1. The third-order valence-electron chi connectivity index (χ3n) is 2.68. The molecular formula is C12H11N3O3. The number of hydrogen-bond acceptors (Lipinski definition) is 4. The van der Waals surface area contributed by atoms with E-state index >= 15 is 0 Å². The van der Waals surface area contributed by atoms with Crippen LogP contribution < -0.4 is 14.8 Å². The molecule has 92 valence electrons. The van der Waals surface area contributed by atoms with Gasteiger partial charge in [-0.05, 0) is 12.1 Å². The summed E-state index contributed by atoms with van der Waals surface area (Å²) in [7, 11) is 1.77. The van der Waals surface area contributed by atoms with Crippen molar-refractivity contribution in [1.82, 2.24) is 9.55 Å². The van der Waals surface area contributed by atoms with Gasteiger partial charge in [0.05, 0.1) is 12.5 Å². The monoisotopic (exact) mass is 245 g/mol. The molecule has 0 bridgehead atoms. The molecule has 1 N–H and O–H groups in total. The molecule has 1 aliphatic rings. The molecular weight excluding hydrogens is 234 g/mol. The summed E-state index contributed by atoms with van der Waals surface area (Å²) in [6.07, 6.45) is 3.09. The fourth-order valence-electron chi connectivity index (χ4n) is 1.75. The first-order chi connectivity index (χ1) is 8.74. The van der Waals surface area contributed by atoms with Gasteiger partial charge in [-0.2, -0.15) is 0 Å². The Morgan fingerprint density at radius 2 is 2.22 bits per heavy atom. The summed E-state index contributed by atoms with van der Waals surface area (Å²) < 4.78 is 12.1. The van der Waals surface area contributed by atoms with E-state index in [0.29, 0.717) is 22.9 Å². The molecule has 6 nitrogen and oxygen atoms in total. The van der Waals surface area contributed by atoms with Crippen LogP contribution in [0, 0.1) is 0 Å². The Morgan fingerprint density at radius 1 is 1.39 bits per heavy atom. The predicted octanol–water partition coefficient (Wildman–Crippen LogP) is 1.40. The van der Waals surface area contributed by atoms with Crippen LogP contribution in [-0.2, 0) is 7.05 Å². The van der Waals surface area contributed by atoms with Gasteiger partial charge in [-0.1, -0.05) is 0 Å². The minimum absolute atomic E-state index is 0.214. The van der Waals surface area contributed by atoms with E-state index in [1.54, 1.807) is 36.1 Å². The van der Waals surface area contributed by atoms with Gasteiger partial charge in [0.1, 0.15) is 5.69 Å². The lowest BCUT2D eigenvalue weighted by Crippen LogP contribution is -2.15. The maximum atomic E-state index is 12.0. The van der Waals surface area contributed by atoms with Crippen molar-refractivity contribution < 1.29 is 14.3 Å². The molecule has 1 aromatic carbocycles. The van der Waals surface area contributed by atoms with Gasteiger partial charge >= 0.3 is 0 Å². The second-order valence-corrected chi connectivity index (χ2v) is 3.91. The third kappa shape index (κ3) is 1.77. The first kappa shape index (κ1) is 10.6. The topological polar surface area (TPSA) is 65.4 Å². The molecule has 1 aromatic heterocycles. The second-order valence-electron chi connectivity index (χ2n) is 3.91. The van der Waals surface area contributed by atoms with Crippen molar-refractivity contribution in [3.63, 3.8) is 0 Å². The lowest BCUT2D eigenvalue weighted by molar-refractivity contribution is 0.101. The molecule has 0 radical (unpaired) electrons. The van der Waals surface area contributed by atoms with E-state index in [9.17, 15) is 4.79 Å². The third-order valence-corrected chi connectivity index (χ3v) is 2.68. The van der Waals surface area contributed by atoms with E-state index in [4.69, 9.17) is 9.47 Å². The van der Waals surface area contributed by atoms with Crippen LogP contribution in [0.15, 0.2) is 30.7 Å². The lowest BCUT2D eigenvalue weighted by atomic mass is 10.2. The average molecular weight is 245 g/mol. The first-order valence-electron chi connectivity index (χ1n) is 5.41. The van der Waals surface area contributed by atoms with Crippen LogP contribution in [0.4, 0.5) is 5.69 Å². The normalized spacial score (nSPS) is 12.5. The van der Waals surface area contributed by atoms with Crippen LogP contribution in [0.3, 0.4) is 0 Å². The highest BCUT2D eigenvalue weighted by molar-refractivity contribution is 6.03.